The van der Waals surface area contributed by atoms with Gasteiger partial charge in [0.05, 0.1) is 0 Å². The molecule has 1 aromatic rings. The van der Waals surface area contributed by atoms with E-state index in [1.807, 2.05) is 0 Å². The first-order chi connectivity index (χ1) is 10.7. The second kappa shape index (κ2) is 10.8. The third-order valence-corrected chi connectivity index (χ3v) is 3.78. The van der Waals surface area contributed by atoms with Gasteiger partial charge in [-0.25, -0.2) is 0 Å². The number of aryl methyl sites for hydroxylation is 2. The normalized spacial score (nSPS) is 14.9. The summed E-state index contributed by atoms with van der Waals surface area (Å²) in [6.07, 6.45) is 6.84. The zero-order valence-electron chi connectivity index (χ0n) is 14.6. The van der Waals surface area contributed by atoms with Crippen LogP contribution in [0.3, 0.4) is 0 Å². The van der Waals surface area contributed by atoms with Crippen molar-refractivity contribution in [1.82, 2.24) is 25.4 Å². The van der Waals surface area contributed by atoms with Crippen molar-refractivity contribution in [3.63, 3.8) is 0 Å². The average Bonchev–Trinajstić information content (AvgIpc) is 2.70. The molecule has 2 rings (SSSR count). The van der Waals surface area contributed by atoms with E-state index in [-0.39, 0.29) is 24.0 Å². The fourth-order valence-electron chi connectivity index (χ4n) is 2.75. The van der Waals surface area contributed by atoms with Gasteiger partial charge in [0.2, 0.25) is 0 Å². The fourth-order valence-corrected chi connectivity index (χ4v) is 2.75. The van der Waals surface area contributed by atoms with E-state index in [2.05, 4.69) is 51.2 Å². The van der Waals surface area contributed by atoms with Crippen LogP contribution in [-0.4, -0.2) is 39.9 Å². The second-order valence-electron chi connectivity index (χ2n) is 6.16. The molecule has 1 aliphatic heterocycles. The Labute approximate surface area is 157 Å². The summed E-state index contributed by atoms with van der Waals surface area (Å²) in [5, 5.41) is 15.3. The van der Waals surface area contributed by atoms with Crippen LogP contribution in [0.1, 0.15) is 58.1 Å². The molecule has 1 aromatic heterocycles. The molecule has 1 aliphatic rings. The van der Waals surface area contributed by atoms with E-state index in [1.54, 1.807) is 0 Å². The summed E-state index contributed by atoms with van der Waals surface area (Å²) in [7, 11) is 0. The van der Waals surface area contributed by atoms with Crippen molar-refractivity contribution in [3.8, 4) is 0 Å². The molecule has 2 N–H and O–H groups in total. The van der Waals surface area contributed by atoms with Crippen molar-refractivity contribution in [2.75, 3.05) is 13.1 Å². The maximum Gasteiger partial charge on any atom is 0.191 e. The summed E-state index contributed by atoms with van der Waals surface area (Å²) in [5.74, 6) is 3.21. The predicted octanol–water partition coefficient (Wildman–Crippen LogP) is 2.52. The van der Waals surface area contributed by atoms with Crippen LogP contribution in [0.4, 0.5) is 0 Å². The lowest BCUT2D eigenvalue weighted by Crippen LogP contribution is -2.41. The average molecular weight is 434 g/mol. The van der Waals surface area contributed by atoms with Crippen LogP contribution in [0.15, 0.2) is 4.99 Å². The molecule has 2 heterocycles. The number of rotatable bonds is 6. The van der Waals surface area contributed by atoms with E-state index in [9.17, 15) is 0 Å². The molecule has 0 saturated heterocycles. The van der Waals surface area contributed by atoms with Crippen LogP contribution in [0.25, 0.3) is 0 Å². The Morgan fingerprint density at radius 2 is 2.09 bits per heavy atom. The number of aliphatic imine (C=N–C) groups is 1. The quantitative estimate of drug-likeness (QED) is 0.313. The van der Waals surface area contributed by atoms with Gasteiger partial charge in [-0.05, 0) is 40.0 Å². The third-order valence-electron chi connectivity index (χ3n) is 3.78. The first-order valence-corrected chi connectivity index (χ1v) is 8.66. The molecular formula is C16H31IN6. The van der Waals surface area contributed by atoms with E-state index in [0.29, 0.717) is 6.04 Å². The van der Waals surface area contributed by atoms with Gasteiger partial charge < -0.3 is 15.2 Å². The molecule has 0 fully saturated rings. The largest absolute Gasteiger partial charge is 0.357 e. The van der Waals surface area contributed by atoms with Crippen LogP contribution < -0.4 is 10.6 Å². The van der Waals surface area contributed by atoms with Crippen LogP contribution in [0.2, 0.25) is 0 Å². The number of fused-ring (bicyclic) bond motifs is 1. The number of hydrogen-bond donors (Lipinski definition) is 2. The Kier molecular flexibility index (Phi) is 9.50. The number of aromatic nitrogens is 3. The molecule has 7 heteroatoms. The zero-order chi connectivity index (χ0) is 15.8. The predicted molar refractivity (Wildman–Crippen MR) is 106 cm³/mol. The Morgan fingerprint density at radius 3 is 2.83 bits per heavy atom. The van der Waals surface area contributed by atoms with E-state index in [1.165, 1.54) is 25.1 Å². The van der Waals surface area contributed by atoms with Crippen molar-refractivity contribution >= 4 is 29.9 Å². The maximum absolute atomic E-state index is 4.62. The minimum Gasteiger partial charge on any atom is -0.357 e. The van der Waals surface area contributed by atoms with Gasteiger partial charge in [0.15, 0.2) is 5.96 Å². The summed E-state index contributed by atoms with van der Waals surface area (Å²) in [6.45, 7) is 9.11. The van der Waals surface area contributed by atoms with E-state index >= 15 is 0 Å². The summed E-state index contributed by atoms with van der Waals surface area (Å²) < 4.78 is 2.33. The van der Waals surface area contributed by atoms with Crippen molar-refractivity contribution in [2.24, 2.45) is 4.99 Å². The van der Waals surface area contributed by atoms with Crippen LogP contribution in [-0.2, 0) is 19.4 Å². The fraction of sp³-hybridized carbons (Fsp3) is 0.812. The van der Waals surface area contributed by atoms with Gasteiger partial charge in [0.1, 0.15) is 11.6 Å². The van der Waals surface area contributed by atoms with E-state index < -0.39 is 0 Å². The maximum atomic E-state index is 4.62. The summed E-state index contributed by atoms with van der Waals surface area (Å²) in [6, 6.07) is 0.394. The van der Waals surface area contributed by atoms with Gasteiger partial charge in [0, 0.05) is 38.5 Å². The highest BCUT2D eigenvalue weighted by molar-refractivity contribution is 14.0. The van der Waals surface area contributed by atoms with Crippen molar-refractivity contribution in [3.05, 3.63) is 11.6 Å². The third kappa shape index (κ3) is 6.64. The number of hydrogen-bond acceptors (Lipinski definition) is 3. The van der Waals surface area contributed by atoms with E-state index in [0.717, 1.165) is 50.7 Å². The summed E-state index contributed by atoms with van der Waals surface area (Å²) >= 11 is 0. The molecule has 132 valence electrons. The first kappa shape index (κ1) is 20.2. The Morgan fingerprint density at radius 1 is 1.26 bits per heavy atom. The molecule has 6 nitrogen and oxygen atoms in total. The molecule has 0 aliphatic carbocycles. The smallest absolute Gasteiger partial charge is 0.191 e. The van der Waals surface area contributed by atoms with Gasteiger partial charge in [-0.1, -0.05) is 6.42 Å². The lowest BCUT2D eigenvalue weighted by atomic mass is 10.2. The summed E-state index contributed by atoms with van der Waals surface area (Å²) in [5.41, 5.74) is 0. The molecule has 0 aromatic carbocycles. The number of guanidine groups is 1. The molecular weight excluding hydrogens is 403 g/mol. The summed E-state index contributed by atoms with van der Waals surface area (Å²) in [4.78, 5) is 4.62. The van der Waals surface area contributed by atoms with Crippen molar-refractivity contribution < 1.29 is 0 Å². The Balaban J connectivity index is 0.00000264. The van der Waals surface area contributed by atoms with Crippen LogP contribution >= 0.6 is 24.0 Å². The van der Waals surface area contributed by atoms with Crippen molar-refractivity contribution in [1.29, 1.82) is 0 Å². The highest BCUT2D eigenvalue weighted by atomic mass is 127. The molecule has 23 heavy (non-hydrogen) atoms. The van der Waals surface area contributed by atoms with Crippen LogP contribution in [0, 0.1) is 0 Å². The lowest BCUT2D eigenvalue weighted by Gasteiger charge is -2.13. The molecule has 0 bridgehead atoms. The molecule has 0 atom stereocenters. The number of halogens is 1. The topological polar surface area (TPSA) is 67.1 Å². The van der Waals surface area contributed by atoms with Gasteiger partial charge in [0.25, 0.3) is 0 Å². The Hall–Kier alpha value is -0.860. The van der Waals surface area contributed by atoms with Crippen LogP contribution in [0.5, 0.6) is 0 Å². The molecule has 0 saturated carbocycles. The monoisotopic (exact) mass is 434 g/mol. The molecule has 0 spiro atoms. The van der Waals surface area contributed by atoms with Gasteiger partial charge >= 0.3 is 0 Å². The second-order valence-corrected chi connectivity index (χ2v) is 6.16. The van der Waals surface area contributed by atoms with E-state index in [4.69, 9.17) is 0 Å². The minimum absolute atomic E-state index is 0. The molecule has 0 unspecified atom stereocenters. The number of nitrogens with one attached hydrogen (secondary N) is 2. The number of nitrogens with zero attached hydrogens (tertiary/aromatic N) is 4. The lowest BCUT2D eigenvalue weighted by molar-refractivity contribution is 0.597. The van der Waals surface area contributed by atoms with Gasteiger partial charge in [-0.3, -0.25) is 4.99 Å². The van der Waals surface area contributed by atoms with Gasteiger partial charge in [-0.15, -0.1) is 34.2 Å². The highest BCUT2D eigenvalue weighted by Crippen LogP contribution is 2.15. The standard InChI is InChI=1S/C16H30N6.HI/c1-4-17-16(19-13(2)3)18-11-8-10-15-21-20-14-9-6-5-7-12-22(14)15;/h13H,4-12H2,1-3H3,(H2,17,18,19);1H. The zero-order valence-corrected chi connectivity index (χ0v) is 17.0. The van der Waals surface area contributed by atoms with Gasteiger partial charge in [-0.2, -0.15) is 0 Å². The van der Waals surface area contributed by atoms with Crippen molar-refractivity contribution in [2.45, 2.75) is 71.9 Å². The molecule has 0 amide bonds. The highest BCUT2D eigenvalue weighted by Gasteiger charge is 2.13. The molecule has 0 radical (unpaired) electrons. The Bertz CT molecular complexity index is 483. The first-order valence-electron chi connectivity index (χ1n) is 8.66. The minimum atomic E-state index is 0. The SMILES string of the molecule is CCNC(=NCCCc1nnc2n1CCCCC2)NC(C)C.I.